The summed E-state index contributed by atoms with van der Waals surface area (Å²) in [5.74, 6) is -1.30. The second-order valence-electron chi connectivity index (χ2n) is 9.72. The molecule has 0 aliphatic rings. The number of anilines is 1. The van der Waals surface area contributed by atoms with Gasteiger partial charge in [0.05, 0.1) is 23.0 Å². The SMILES string of the molecule is C#CCN(Cc1cc2c(=O)[nH]c(C)nc2cc1C)c1ccc(C(=O)N[C@@H](CCc2nnnn2CC(=O)O)C(=O)O)c(F)c1. The second kappa shape index (κ2) is 12.9. The number of carboxylic acids is 2. The van der Waals surface area contributed by atoms with Crippen molar-refractivity contribution < 1.29 is 29.0 Å². The smallest absolute Gasteiger partial charge is 0.326 e. The van der Waals surface area contributed by atoms with E-state index in [4.69, 9.17) is 11.5 Å². The Kier molecular flexibility index (Phi) is 9.09. The Hall–Kier alpha value is -5.65. The first-order valence-corrected chi connectivity index (χ1v) is 13.0. The molecule has 1 atom stereocenters. The predicted molar refractivity (Wildman–Crippen MR) is 151 cm³/mol. The Balaban J connectivity index is 1.51. The molecule has 4 rings (SSSR count). The summed E-state index contributed by atoms with van der Waals surface area (Å²) in [6, 6.07) is 5.90. The molecule has 0 radical (unpaired) electrons. The lowest BCUT2D eigenvalue weighted by Crippen LogP contribution is -2.41. The van der Waals surface area contributed by atoms with Gasteiger partial charge in [-0.2, -0.15) is 0 Å². The lowest BCUT2D eigenvalue weighted by Gasteiger charge is -2.24. The van der Waals surface area contributed by atoms with Gasteiger partial charge in [0.1, 0.15) is 24.2 Å². The average Bonchev–Trinajstić information content (AvgIpc) is 3.36. The molecule has 0 aliphatic heterocycles. The third kappa shape index (κ3) is 7.17. The number of rotatable bonds is 12. The third-order valence-corrected chi connectivity index (χ3v) is 6.64. The fourth-order valence-electron chi connectivity index (χ4n) is 4.48. The standard InChI is InChI=1S/C28H27FN8O6/c1-4-9-36(13-17-11-20-23(10-15(17)2)30-16(3)31-27(20)41)18-5-6-19(21(29)12-18)26(40)32-22(28(42)43)7-8-24-33-34-35-37(24)14-25(38)39/h1,5-6,10-12,22H,7-9,13-14H2,2-3H3,(H,32,40)(H,38,39)(H,42,43)(H,30,31,41)/t22-/m0/s1. The lowest BCUT2D eigenvalue weighted by molar-refractivity contribution is -0.140. The largest absolute Gasteiger partial charge is 0.480 e. The van der Waals surface area contributed by atoms with Crippen LogP contribution in [-0.4, -0.2) is 70.8 Å². The van der Waals surface area contributed by atoms with E-state index in [2.05, 4.69) is 36.7 Å². The number of nitrogens with one attached hydrogen (secondary N) is 2. The summed E-state index contributed by atoms with van der Waals surface area (Å²) in [7, 11) is 0. The molecule has 0 unspecified atom stereocenters. The number of aliphatic carboxylic acids is 2. The molecular weight excluding hydrogens is 563 g/mol. The number of tetrazole rings is 1. The molecule has 0 saturated heterocycles. The van der Waals surface area contributed by atoms with Crippen molar-refractivity contribution in [1.29, 1.82) is 0 Å². The van der Waals surface area contributed by atoms with E-state index in [0.717, 1.165) is 21.9 Å². The first kappa shape index (κ1) is 30.3. The Morgan fingerprint density at radius 1 is 1.21 bits per heavy atom. The number of halogens is 1. The van der Waals surface area contributed by atoms with Gasteiger partial charge in [-0.3, -0.25) is 14.4 Å². The highest BCUT2D eigenvalue weighted by Crippen LogP contribution is 2.24. The molecule has 0 spiro atoms. The van der Waals surface area contributed by atoms with Gasteiger partial charge in [-0.1, -0.05) is 5.92 Å². The number of amides is 1. The van der Waals surface area contributed by atoms with Crippen molar-refractivity contribution in [2.45, 2.75) is 45.8 Å². The maximum Gasteiger partial charge on any atom is 0.326 e. The number of carboxylic acid groups (broad SMARTS) is 2. The third-order valence-electron chi connectivity index (χ3n) is 6.64. The maximum absolute atomic E-state index is 15.2. The molecule has 15 heteroatoms. The van der Waals surface area contributed by atoms with Gasteiger partial charge in [0.15, 0.2) is 5.82 Å². The summed E-state index contributed by atoms with van der Waals surface area (Å²) in [4.78, 5) is 56.8. The molecule has 1 amide bonds. The number of carbonyl (C=O) groups excluding carboxylic acids is 1. The van der Waals surface area contributed by atoms with E-state index in [1.807, 2.05) is 6.92 Å². The summed E-state index contributed by atoms with van der Waals surface area (Å²) in [6.07, 6.45) is 5.33. The Bertz CT molecular complexity index is 1810. The normalized spacial score (nSPS) is 11.6. The van der Waals surface area contributed by atoms with Gasteiger partial charge < -0.3 is 25.4 Å². The van der Waals surface area contributed by atoms with Crippen molar-refractivity contribution in [3.05, 3.63) is 74.8 Å². The molecule has 0 saturated carbocycles. The van der Waals surface area contributed by atoms with E-state index >= 15 is 4.39 Å². The van der Waals surface area contributed by atoms with E-state index < -0.39 is 36.2 Å². The van der Waals surface area contributed by atoms with Gasteiger partial charge in [0.25, 0.3) is 11.5 Å². The number of carbonyl (C=O) groups is 3. The predicted octanol–water partition coefficient (Wildman–Crippen LogP) is 1.21. The average molecular weight is 591 g/mol. The van der Waals surface area contributed by atoms with Gasteiger partial charge in [-0.25, -0.2) is 18.9 Å². The molecule has 2 aromatic carbocycles. The quantitative estimate of drug-likeness (QED) is 0.173. The molecule has 2 aromatic heterocycles. The first-order chi connectivity index (χ1) is 20.5. The highest BCUT2D eigenvalue weighted by atomic mass is 19.1. The molecule has 222 valence electrons. The second-order valence-corrected chi connectivity index (χ2v) is 9.72. The minimum Gasteiger partial charge on any atom is -0.480 e. The number of H-pyrrole nitrogens is 1. The number of nitrogens with zero attached hydrogens (tertiary/aromatic N) is 6. The summed E-state index contributed by atoms with van der Waals surface area (Å²) in [6.45, 7) is 3.35. The number of benzene rings is 2. The van der Waals surface area contributed by atoms with Crippen molar-refractivity contribution in [2.24, 2.45) is 0 Å². The molecule has 0 aliphatic carbocycles. The van der Waals surface area contributed by atoms with Crippen LogP contribution in [0.4, 0.5) is 10.1 Å². The van der Waals surface area contributed by atoms with Crippen molar-refractivity contribution >= 4 is 34.4 Å². The van der Waals surface area contributed by atoms with Gasteiger partial charge in [0, 0.05) is 18.7 Å². The molecular formula is C28H27FN8O6. The molecule has 0 bridgehead atoms. The Morgan fingerprint density at radius 3 is 2.65 bits per heavy atom. The molecule has 2 heterocycles. The Morgan fingerprint density at radius 2 is 1.98 bits per heavy atom. The number of aromatic nitrogens is 6. The molecule has 4 aromatic rings. The number of aromatic amines is 1. The van der Waals surface area contributed by atoms with Crippen molar-refractivity contribution in [1.82, 2.24) is 35.5 Å². The molecule has 0 fully saturated rings. The minimum absolute atomic E-state index is 0.0598. The number of terminal acetylenes is 1. The van der Waals surface area contributed by atoms with Crippen molar-refractivity contribution in [2.75, 3.05) is 11.4 Å². The van der Waals surface area contributed by atoms with E-state index in [0.29, 0.717) is 22.4 Å². The van der Waals surface area contributed by atoms with Crippen LogP contribution in [0.5, 0.6) is 0 Å². The van der Waals surface area contributed by atoms with Gasteiger partial charge in [-0.05, 0) is 72.2 Å². The van der Waals surface area contributed by atoms with Gasteiger partial charge >= 0.3 is 11.9 Å². The van der Waals surface area contributed by atoms with Crippen LogP contribution >= 0.6 is 0 Å². The zero-order valence-electron chi connectivity index (χ0n) is 23.2. The summed E-state index contributed by atoms with van der Waals surface area (Å²) in [5.41, 5.74) is 1.85. The number of hydrogen-bond acceptors (Lipinski definition) is 9. The van der Waals surface area contributed by atoms with E-state index in [9.17, 15) is 24.3 Å². The van der Waals surface area contributed by atoms with Crippen LogP contribution in [0.1, 0.15) is 39.6 Å². The van der Waals surface area contributed by atoms with Crippen LogP contribution in [0.2, 0.25) is 0 Å². The van der Waals surface area contributed by atoms with Gasteiger partial charge in [-0.15, -0.1) is 11.5 Å². The first-order valence-electron chi connectivity index (χ1n) is 13.0. The molecule has 43 heavy (non-hydrogen) atoms. The van der Waals surface area contributed by atoms with Crippen molar-refractivity contribution in [3.63, 3.8) is 0 Å². The zero-order valence-corrected chi connectivity index (χ0v) is 23.2. The summed E-state index contributed by atoms with van der Waals surface area (Å²) >= 11 is 0. The number of hydrogen-bond donors (Lipinski definition) is 4. The fraction of sp³-hybridized carbons (Fsp3) is 0.286. The highest BCUT2D eigenvalue weighted by Gasteiger charge is 2.24. The van der Waals surface area contributed by atoms with Crippen LogP contribution < -0.4 is 15.8 Å². The van der Waals surface area contributed by atoms with Crippen LogP contribution in [0.15, 0.2) is 35.1 Å². The van der Waals surface area contributed by atoms with Crippen LogP contribution in [0, 0.1) is 32.0 Å². The topological polar surface area (TPSA) is 196 Å². The lowest BCUT2D eigenvalue weighted by atomic mass is 10.0. The summed E-state index contributed by atoms with van der Waals surface area (Å²) in [5, 5.41) is 31.8. The van der Waals surface area contributed by atoms with E-state index in [1.165, 1.54) is 12.1 Å². The molecule has 14 nitrogen and oxygen atoms in total. The van der Waals surface area contributed by atoms with E-state index in [-0.39, 0.29) is 42.9 Å². The van der Waals surface area contributed by atoms with Crippen LogP contribution in [0.3, 0.4) is 0 Å². The van der Waals surface area contributed by atoms with E-state index in [1.54, 1.807) is 24.0 Å². The zero-order chi connectivity index (χ0) is 31.3. The fourth-order valence-corrected chi connectivity index (χ4v) is 4.48. The highest BCUT2D eigenvalue weighted by molar-refractivity contribution is 5.97. The Labute approximate surface area is 243 Å². The summed E-state index contributed by atoms with van der Waals surface area (Å²) < 4.78 is 16.2. The maximum atomic E-state index is 15.2. The van der Waals surface area contributed by atoms with Crippen LogP contribution in [-0.2, 0) is 29.1 Å². The number of aryl methyl sites for hydroxylation is 3. The molecule has 4 N–H and O–H groups in total. The van der Waals surface area contributed by atoms with Gasteiger partial charge in [0.2, 0.25) is 0 Å². The minimum atomic E-state index is -1.43. The monoisotopic (exact) mass is 590 g/mol. The van der Waals surface area contributed by atoms with Crippen LogP contribution in [0.25, 0.3) is 10.9 Å². The number of fused-ring (bicyclic) bond motifs is 1. The van der Waals surface area contributed by atoms with Crippen molar-refractivity contribution in [3.8, 4) is 12.3 Å².